The third-order valence-corrected chi connectivity index (χ3v) is 4.73. The first kappa shape index (κ1) is 13.2. The first-order chi connectivity index (χ1) is 9.57. The van der Waals surface area contributed by atoms with Gasteiger partial charge in [-0.3, -0.25) is 9.59 Å². The second-order valence-electron chi connectivity index (χ2n) is 5.91. The molecule has 1 saturated carbocycles. The van der Waals surface area contributed by atoms with Crippen LogP contribution in [0.3, 0.4) is 0 Å². The Morgan fingerprint density at radius 1 is 1.40 bits per heavy atom. The Morgan fingerprint density at radius 2 is 2.15 bits per heavy atom. The average molecular weight is 273 g/mol. The lowest BCUT2D eigenvalue weighted by molar-refractivity contribution is -0.151. The summed E-state index contributed by atoms with van der Waals surface area (Å²) in [6, 6.07) is 8.26. The van der Waals surface area contributed by atoms with Crippen molar-refractivity contribution >= 4 is 17.4 Å². The Kier molecular flexibility index (Phi) is 3.04. The van der Waals surface area contributed by atoms with E-state index >= 15 is 0 Å². The number of benzene rings is 1. The number of carbonyl (C=O) groups is 2. The zero-order valence-electron chi connectivity index (χ0n) is 11.9. The Labute approximate surface area is 118 Å². The fourth-order valence-corrected chi connectivity index (χ4v) is 3.76. The molecule has 20 heavy (non-hydrogen) atoms. The lowest BCUT2D eigenvalue weighted by atomic mass is 9.67. The number of carbonyl (C=O) groups excluding carboxylic acids is 2. The third-order valence-electron chi connectivity index (χ3n) is 4.73. The zero-order valence-corrected chi connectivity index (χ0v) is 11.9. The minimum absolute atomic E-state index is 0.0215. The van der Waals surface area contributed by atoms with Crippen molar-refractivity contribution in [1.82, 2.24) is 0 Å². The molecule has 0 aromatic heterocycles. The van der Waals surface area contributed by atoms with Crippen molar-refractivity contribution < 1.29 is 14.3 Å². The maximum Gasteiger partial charge on any atom is 0.316 e. The summed E-state index contributed by atoms with van der Waals surface area (Å²) in [4.78, 5) is 26.2. The normalized spacial score (nSPS) is 28.6. The predicted molar refractivity (Wildman–Crippen MR) is 75.8 cm³/mol. The van der Waals surface area contributed by atoms with Gasteiger partial charge in [0.2, 0.25) is 0 Å². The van der Waals surface area contributed by atoms with E-state index in [1.54, 1.807) is 0 Å². The largest absolute Gasteiger partial charge is 0.468 e. The SMILES string of the molecule is COC(=O)C1CCC2(CC1=O)CN(C)c1ccccc12. The molecular formula is C16H19NO3. The average Bonchev–Trinajstić information content (AvgIpc) is 2.72. The minimum atomic E-state index is -0.566. The summed E-state index contributed by atoms with van der Waals surface area (Å²) in [5.41, 5.74) is 2.34. The molecule has 1 aromatic rings. The number of esters is 1. The lowest BCUT2D eigenvalue weighted by Crippen LogP contribution is -2.43. The van der Waals surface area contributed by atoms with Gasteiger partial charge in [-0.05, 0) is 24.5 Å². The van der Waals surface area contributed by atoms with Crippen LogP contribution in [-0.2, 0) is 19.7 Å². The van der Waals surface area contributed by atoms with Gasteiger partial charge in [-0.1, -0.05) is 18.2 Å². The number of hydrogen-bond donors (Lipinski definition) is 0. The van der Waals surface area contributed by atoms with E-state index in [1.807, 2.05) is 12.1 Å². The summed E-state index contributed by atoms with van der Waals surface area (Å²) in [5, 5.41) is 0. The molecule has 4 heteroatoms. The molecule has 1 heterocycles. The highest BCUT2D eigenvalue weighted by Gasteiger charge is 2.48. The number of likely N-dealkylation sites (N-methyl/N-ethyl adjacent to an activating group) is 1. The molecule has 0 radical (unpaired) electrons. The summed E-state index contributed by atoms with van der Waals surface area (Å²) in [6.07, 6.45) is 1.89. The highest BCUT2D eigenvalue weighted by Crippen LogP contribution is 2.48. The van der Waals surface area contributed by atoms with Gasteiger partial charge in [0.15, 0.2) is 0 Å². The monoisotopic (exact) mass is 273 g/mol. The topological polar surface area (TPSA) is 46.6 Å². The molecule has 1 aliphatic heterocycles. The van der Waals surface area contributed by atoms with E-state index in [2.05, 4.69) is 24.1 Å². The Morgan fingerprint density at radius 3 is 2.85 bits per heavy atom. The fourth-order valence-electron chi connectivity index (χ4n) is 3.76. The number of hydrogen-bond acceptors (Lipinski definition) is 4. The Balaban J connectivity index is 1.91. The molecule has 2 atom stereocenters. The van der Waals surface area contributed by atoms with E-state index in [9.17, 15) is 9.59 Å². The van der Waals surface area contributed by atoms with Gasteiger partial charge in [0.05, 0.1) is 7.11 Å². The van der Waals surface area contributed by atoms with Crippen molar-refractivity contribution in [2.75, 3.05) is 25.6 Å². The van der Waals surface area contributed by atoms with E-state index in [1.165, 1.54) is 18.4 Å². The van der Waals surface area contributed by atoms with Crippen LogP contribution in [0.4, 0.5) is 5.69 Å². The van der Waals surface area contributed by atoms with Gasteiger partial charge >= 0.3 is 5.97 Å². The number of methoxy groups -OCH3 is 1. The molecule has 2 aliphatic rings. The van der Waals surface area contributed by atoms with Gasteiger partial charge in [0.1, 0.15) is 11.7 Å². The maximum atomic E-state index is 12.4. The van der Waals surface area contributed by atoms with Crippen LogP contribution >= 0.6 is 0 Å². The number of anilines is 1. The van der Waals surface area contributed by atoms with Gasteiger partial charge in [0, 0.05) is 31.1 Å². The van der Waals surface area contributed by atoms with Crippen molar-refractivity contribution in [2.24, 2.45) is 5.92 Å². The number of ketones is 1. The number of fused-ring (bicyclic) bond motifs is 2. The van der Waals surface area contributed by atoms with E-state index in [0.717, 1.165) is 13.0 Å². The second kappa shape index (κ2) is 4.62. The molecule has 1 fully saturated rings. The molecule has 1 aliphatic carbocycles. The lowest BCUT2D eigenvalue weighted by Gasteiger charge is -2.35. The molecule has 0 bridgehead atoms. The standard InChI is InChI=1S/C16H19NO3/c1-17-10-16(12-5-3-4-6-13(12)17)8-7-11(14(18)9-16)15(19)20-2/h3-6,11H,7-10H2,1-2H3. The van der Waals surface area contributed by atoms with E-state index in [4.69, 9.17) is 4.74 Å². The van der Waals surface area contributed by atoms with Crippen molar-refractivity contribution in [3.8, 4) is 0 Å². The molecule has 0 amide bonds. The molecule has 106 valence electrons. The van der Waals surface area contributed by atoms with Crippen LogP contribution in [0.25, 0.3) is 0 Å². The number of ether oxygens (including phenoxy) is 1. The summed E-state index contributed by atoms with van der Waals surface area (Å²) in [6.45, 7) is 0.853. The maximum absolute atomic E-state index is 12.4. The predicted octanol–water partition coefficient (Wildman–Crippen LogP) is 1.92. The van der Waals surface area contributed by atoms with Crippen LogP contribution in [0.15, 0.2) is 24.3 Å². The van der Waals surface area contributed by atoms with E-state index < -0.39 is 5.92 Å². The van der Waals surface area contributed by atoms with Gasteiger partial charge in [-0.2, -0.15) is 0 Å². The van der Waals surface area contributed by atoms with Crippen LogP contribution in [0.5, 0.6) is 0 Å². The van der Waals surface area contributed by atoms with Gasteiger partial charge in [-0.15, -0.1) is 0 Å². The second-order valence-corrected chi connectivity index (χ2v) is 5.91. The number of Topliss-reactive ketones (excluding diaryl/α,β-unsaturated/α-hetero) is 1. The molecule has 1 spiro atoms. The highest BCUT2D eigenvalue weighted by atomic mass is 16.5. The van der Waals surface area contributed by atoms with Gasteiger partial charge in [-0.25, -0.2) is 0 Å². The molecular weight excluding hydrogens is 254 g/mol. The van der Waals surface area contributed by atoms with Crippen LogP contribution < -0.4 is 4.90 Å². The molecule has 0 saturated heterocycles. The zero-order chi connectivity index (χ0) is 14.3. The molecule has 1 aromatic carbocycles. The molecule has 0 N–H and O–H groups in total. The third kappa shape index (κ3) is 1.82. The summed E-state index contributed by atoms with van der Waals surface area (Å²) in [7, 11) is 3.41. The smallest absolute Gasteiger partial charge is 0.316 e. The quantitative estimate of drug-likeness (QED) is 0.579. The van der Waals surface area contributed by atoms with Crippen LogP contribution in [0, 0.1) is 5.92 Å². The van der Waals surface area contributed by atoms with E-state index in [0.29, 0.717) is 12.8 Å². The first-order valence-corrected chi connectivity index (χ1v) is 6.98. The van der Waals surface area contributed by atoms with Gasteiger partial charge < -0.3 is 9.64 Å². The van der Waals surface area contributed by atoms with Crippen LogP contribution in [0.2, 0.25) is 0 Å². The Bertz CT molecular complexity index is 569. The first-order valence-electron chi connectivity index (χ1n) is 6.98. The van der Waals surface area contributed by atoms with Crippen molar-refractivity contribution in [2.45, 2.75) is 24.7 Å². The van der Waals surface area contributed by atoms with Crippen molar-refractivity contribution in [3.63, 3.8) is 0 Å². The molecule has 4 nitrogen and oxygen atoms in total. The summed E-state index contributed by atoms with van der Waals surface area (Å²) < 4.78 is 4.73. The minimum Gasteiger partial charge on any atom is -0.468 e. The van der Waals surface area contributed by atoms with E-state index in [-0.39, 0.29) is 17.2 Å². The van der Waals surface area contributed by atoms with Crippen LogP contribution in [-0.4, -0.2) is 32.5 Å². The number of para-hydroxylation sites is 1. The molecule has 2 unspecified atom stereocenters. The fraction of sp³-hybridized carbons (Fsp3) is 0.500. The van der Waals surface area contributed by atoms with Gasteiger partial charge in [0.25, 0.3) is 0 Å². The summed E-state index contributed by atoms with van der Waals surface area (Å²) >= 11 is 0. The van der Waals surface area contributed by atoms with Crippen molar-refractivity contribution in [1.29, 1.82) is 0 Å². The Hall–Kier alpha value is -1.84. The number of nitrogens with zero attached hydrogens (tertiary/aromatic N) is 1. The summed E-state index contributed by atoms with van der Waals surface area (Å²) in [5.74, 6) is -0.929. The molecule has 3 rings (SSSR count). The van der Waals surface area contributed by atoms with Crippen LogP contribution in [0.1, 0.15) is 24.8 Å². The number of rotatable bonds is 1. The van der Waals surface area contributed by atoms with Crippen molar-refractivity contribution in [3.05, 3.63) is 29.8 Å². The highest BCUT2D eigenvalue weighted by molar-refractivity contribution is 6.00.